The van der Waals surface area contributed by atoms with Crippen LogP contribution < -0.4 is 4.74 Å². The molecule has 1 unspecified atom stereocenters. The van der Waals surface area contributed by atoms with E-state index in [-0.39, 0.29) is 11.9 Å². The van der Waals surface area contributed by atoms with E-state index in [2.05, 4.69) is 26.1 Å². The maximum Gasteiger partial charge on any atom is 0.254 e. The summed E-state index contributed by atoms with van der Waals surface area (Å²) in [5.74, 6) is 2.17. The Labute approximate surface area is 196 Å². The fourth-order valence-electron chi connectivity index (χ4n) is 5.71. The smallest absolute Gasteiger partial charge is 0.254 e. The normalized spacial score (nSPS) is 23.3. The second-order valence-electron chi connectivity index (χ2n) is 9.99. The van der Waals surface area contributed by atoms with Crippen LogP contribution in [0.4, 0.5) is 0 Å². The van der Waals surface area contributed by atoms with Gasteiger partial charge >= 0.3 is 0 Å². The molecule has 1 saturated heterocycles. The molecule has 0 N–H and O–H groups in total. The monoisotopic (exact) mass is 446 g/mol. The van der Waals surface area contributed by atoms with Crippen LogP contribution in [0.25, 0.3) is 5.65 Å². The Morgan fingerprint density at radius 2 is 1.94 bits per heavy atom. The SMILES string of the molecule is COc1ccc(C(=O)N2CCCC[C@H]2c2cc3nc(C4CC[C@H](C)C4)c(C)cn3n2)c(C)c1. The van der Waals surface area contributed by atoms with Gasteiger partial charge in [-0.15, -0.1) is 0 Å². The zero-order chi connectivity index (χ0) is 23.1. The van der Waals surface area contributed by atoms with E-state index in [1.807, 2.05) is 34.5 Å². The molecule has 1 amide bonds. The lowest BCUT2D eigenvalue weighted by Gasteiger charge is -2.35. The molecular weight excluding hydrogens is 412 g/mol. The van der Waals surface area contributed by atoms with Gasteiger partial charge in [-0.25, -0.2) is 9.50 Å². The number of rotatable bonds is 4. The van der Waals surface area contributed by atoms with E-state index in [1.54, 1.807) is 7.11 Å². The van der Waals surface area contributed by atoms with E-state index in [4.69, 9.17) is 14.8 Å². The molecule has 0 spiro atoms. The number of carbonyl (C=O) groups excluding carboxylic acids is 1. The van der Waals surface area contributed by atoms with Crippen LogP contribution in [-0.2, 0) is 0 Å². The molecule has 6 nitrogen and oxygen atoms in total. The fourth-order valence-corrected chi connectivity index (χ4v) is 5.71. The molecule has 1 saturated carbocycles. The van der Waals surface area contributed by atoms with Crippen LogP contribution in [0.5, 0.6) is 5.75 Å². The predicted octanol–water partition coefficient (Wildman–Crippen LogP) is 5.63. The highest BCUT2D eigenvalue weighted by atomic mass is 16.5. The molecule has 174 valence electrons. The number of aromatic nitrogens is 3. The molecule has 3 aromatic rings. The number of aryl methyl sites for hydroxylation is 2. The van der Waals surface area contributed by atoms with Crippen LogP contribution in [0.3, 0.4) is 0 Å². The zero-order valence-electron chi connectivity index (χ0n) is 20.2. The first kappa shape index (κ1) is 21.9. The number of methoxy groups -OCH3 is 1. The summed E-state index contributed by atoms with van der Waals surface area (Å²) >= 11 is 0. The topological polar surface area (TPSA) is 59.7 Å². The molecule has 33 heavy (non-hydrogen) atoms. The third-order valence-electron chi connectivity index (χ3n) is 7.54. The molecule has 1 aliphatic heterocycles. The van der Waals surface area contributed by atoms with Crippen molar-refractivity contribution in [2.45, 2.75) is 71.3 Å². The first-order valence-electron chi connectivity index (χ1n) is 12.3. The lowest BCUT2D eigenvalue weighted by Crippen LogP contribution is -2.39. The maximum atomic E-state index is 13.6. The highest BCUT2D eigenvalue weighted by Crippen LogP contribution is 2.39. The highest BCUT2D eigenvalue weighted by Gasteiger charge is 2.32. The van der Waals surface area contributed by atoms with Gasteiger partial charge in [0.25, 0.3) is 5.91 Å². The average molecular weight is 447 g/mol. The Kier molecular flexibility index (Phi) is 5.85. The van der Waals surface area contributed by atoms with Gasteiger partial charge < -0.3 is 9.64 Å². The number of benzene rings is 1. The summed E-state index contributed by atoms with van der Waals surface area (Å²) in [6.45, 7) is 7.21. The minimum atomic E-state index is -0.0234. The molecule has 5 rings (SSSR count). The number of amides is 1. The number of carbonyl (C=O) groups is 1. The van der Waals surface area contributed by atoms with Crippen molar-refractivity contribution in [3.8, 4) is 5.75 Å². The largest absolute Gasteiger partial charge is 0.497 e. The first-order valence-corrected chi connectivity index (χ1v) is 12.3. The summed E-state index contributed by atoms with van der Waals surface area (Å²) in [5, 5.41) is 4.90. The Morgan fingerprint density at radius 3 is 2.67 bits per heavy atom. The second kappa shape index (κ2) is 8.81. The van der Waals surface area contributed by atoms with E-state index in [1.165, 1.54) is 30.5 Å². The average Bonchev–Trinajstić information content (AvgIpc) is 3.43. The standard InChI is InChI=1S/C27H34N4O2/c1-17-8-9-20(13-17)26-19(3)16-31-25(28-26)15-23(29-31)24-7-5-6-12-30(24)27(32)22-11-10-21(33-4)14-18(22)2/h10-11,14-17,20,24H,5-9,12-13H2,1-4H3/t17-,20?,24-/m0/s1. The van der Waals surface area contributed by atoms with Gasteiger partial charge in [0.15, 0.2) is 5.65 Å². The van der Waals surface area contributed by atoms with Crippen LogP contribution >= 0.6 is 0 Å². The third kappa shape index (κ3) is 4.11. The lowest BCUT2D eigenvalue weighted by molar-refractivity contribution is 0.0605. The van der Waals surface area contributed by atoms with Crippen LogP contribution in [0.2, 0.25) is 0 Å². The fraction of sp³-hybridized carbons (Fsp3) is 0.519. The molecular formula is C27H34N4O2. The number of piperidine rings is 1. The van der Waals surface area contributed by atoms with E-state index in [0.29, 0.717) is 5.92 Å². The van der Waals surface area contributed by atoms with Crippen molar-refractivity contribution in [1.29, 1.82) is 0 Å². The van der Waals surface area contributed by atoms with Gasteiger partial charge in [-0.2, -0.15) is 5.10 Å². The summed E-state index contributed by atoms with van der Waals surface area (Å²) in [4.78, 5) is 20.6. The Bertz CT molecular complexity index is 1180. The Morgan fingerprint density at radius 1 is 1.09 bits per heavy atom. The summed E-state index contributed by atoms with van der Waals surface area (Å²) in [5.41, 5.74) is 5.94. The van der Waals surface area contributed by atoms with E-state index in [9.17, 15) is 4.79 Å². The molecule has 3 atom stereocenters. The number of nitrogens with zero attached hydrogens (tertiary/aromatic N) is 4. The summed E-state index contributed by atoms with van der Waals surface area (Å²) < 4.78 is 7.22. The van der Waals surface area contributed by atoms with Crippen molar-refractivity contribution in [2.75, 3.05) is 13.7 Å². The van der Waals surface area contributed by atoms with Crippen molar-refractivity contribution in [3.05, 3.63) is 58.5 Å². The molecule has 2 fully saturated rings. The second-order valence-corrected chi connectivity index (χ2v) is 9.99. The lowest BCUT2D eigenvalue weighted by atomic mass is 9.97. The number of hydrogen-bond acceptors (Lipinski definition) is 4. The summed E-state index contributed by atoms with van der Waals surface area (Å²) in [6, 6.07) is 7.74. The molecule has 2 aliphatic rings. The summed E-state index contributed by atoms with van der Waals surface area (Å²) in [6.07, 6.45) is 8.89. The molecule has 6 heteroatoms. The first-order chi connectivity index (χ1) is 15.9. The van der Waals surface area contributed by atoms with Crippen LogP contribution in [-0.4, -0.2) is 39.1 Å². The Hall–Kier alpha value is -2.89. The number of hydrogen-bond donors (Lipinski definition) is 0. The maximum absolute atomic E-state index is 13.6. The van der Waals surface area contributed by atoms with E-state index in [0.717, 1.165) is 59.9 Å². The molecule has 0 bridgehead atoms. The third-order valence-corrected chi connectivity index (χ3v) is 7.54. The van der Waals surface area contributed by atoms with Gasteiger partial charge in [-0.3, -0.25) is 4.79 Å². The van der Waals surface area contributed by atoms with Crippen molar-refractivity contribution in [2.24, 2.45) is 5.92 Å². The number of likely N-dealkylation sites (tertiary alicyclic amines) is 1. The van der Waals surface area contributed by atoms with E-state index >= 15 is 0 Å². The minimum Gasteiger partial charge on any atom is -0.497 e. The molecule has 1 aliphatic carbocycles. The predicted molar refractivity (Wildman–Crippen MR) is 129 cm³/mol. The summed E-state index contributed by atoms with van der Waals surface area (Å²) in [7, 11) is 1.65. The van der Waals surface area contributed by atoms with Gasteiger partial charge in [-0.1, -0.05) is 13.3 Å². The van der Waals surface area contributed by atoms with Crippen molar-refractivity contribution >= 4 is 11.6 Å². The van der Waals surface area contributed by atoms with Crippen molar-refractivity contribution in [1.82, 2.24) is 19.5 Å². The van der Waals surface area contributed by atoms with Crippen molar-refractivity contribution in [3.63, 3.8) is 0 Å². The number of fused-ring (bicyclic) bond motifs is 1. The van der Waals surface area contributed by atoms with Gasteiger partial charge in [0.05, 0.1) is 24.5 Å². The van der Waals surface area contributed by atoms with Gasteiger partial charge in [0.2, 0.25) is 0 Å². The van der Waals surface area contributed by atoms with Gasteiger partial charge in [0, 0.05) is 30.3 Å². The molecule has 2 aromatic heterocycles. The molecule has 1 aromatic carbocycles. The van der Waals surface area contributed by atoms with Crippen LogP contribution in [0, 0.1) is 19.8 Å². The highest BCUT2D eigenvalue weighted by molar-refractivity contribution is 5.96. The Balaban J connectivity index is 1.46. The number of ether oxygens (including phenoxy) is 1. The zero-order valence-corrected chi connectivity index (χ0v) is 20.2. The molecule has 3 heterocycles. The van der Waals surface area contributed by atoms with Gasteiger partial charge in [0.1, 0.15) is 5.75 Å². The minimum absolute atomic E-state index is 0.0234. The molecule has 0 radical (unpaired) electrons. The van der Waals surface area contributed by atoms with Crippen molar-refractivity contribution < 1.29 is 9.53 Å². The quantitative estimate of drug-likeness (QED) is 0.521. The van der Waals surface area contributed by atoms with Crippen LogP contribution in [0.15, 0.2) is 30.5 Å². The van der Waals surface area contributed by atoms with E-state index < -0.39 is 0 Å². The van der Waals surface area contributed by atoms with Gasteiger partial charge in [-0.05, 0) is 81.2 Å². The van der Waals surface area contributed by atoms with Crippen LogP contribution in [0.1, 0.15) is 90.3 Å².